The number of hydrogen-bond acceptors (Lipinski definition) is 4. The topological polar surface area (TPSA) is 63.4 Å². The Morgan fingerprint density at radius 1 is 1.20 bits per heavy atom. The highest BCUT2D eigenvalue weighted by Crippen LogP contribution is 2.38. The van der Waals surface area contributed by atoms with Crippen LogP contribution in [0.4, 0.5) is 18.9 Å². The zero-order valence-corrected chi connectivity index (χ0v) is 13.8. The molecule has 1 amide bonds. The van der Waals surface area contributed by atoms with E-state index in [-0.39, 0.29) is 34.5 Å². The number of rotatable bonds is 5. The molecule has 2 rings (SSSR count). The molecular weight excluding hydrogens is 357 g/mol. The Bertz CT molecular complexity index is 796. The third-order valence-electron chi connectivity index (χ3n) is 3.23. The summed E-state index contributed by atoms with van der Waals surface area (Å²) in [5.41, 5.74) is -4.19. The second-order valence-corrected chi connectivity index (χ2v) is 6.24. The first-order valence-corrected chi connectivity index (χ1v) is 7.82. The van der Waals surface area contributed by atoms with Crippen LogP contribution in [-0.2, 0) is 6.54 Å². The Hall–Kier alpha value is -2.55. The summed E-state index contributed by atoms with van der Waals surface area (Å²) < 4.78 is 37.9. The molecule has 25 heavy (non-hydrogen) atoms. The van der Waals surface area contributed by atoms with Crippen LogP contribution in [0.2, 0.25) is 0 Å². The highest BCUT2D eigenvalue weighted by atomic mass is 32.2. The van der Waals surface area contributed by atoms with Crippen LogP contribution < -0.4 is 0 Å². The first-order chi connectivity index (χ1) is 11.7. The van der Waals surface area contributed by atoms with Crippen molar-refractivity contribution >= 4 is 23.4 Å². The zero-order valence-electron chi connectivity index (χ0n) is 13.0. The van der Waals surface area contributed by atoms with Gasteiger partial charge in [-0.15, -0.1) is 0 Å². The maximum Gasteiger partial charge on any atom is 0.446 e. The number of amides is 1. The van der Waals surface area contributed by atoms with Gasteiger partial charge in [0.2, 0.25) is 0 Å². The SMILES string of the molecule is CN(Cc1cccc([N+](=O)[O-])c1)C(=O)c1ccccc1SC(F)(F)F. The van der Waals surface area contributed by atoms with Crippen LogP contribution in [0.1, 0.15) is 15.9 Å². The molecule has 0 aliphatic heterocycles. The van der Waals surface area contributed by atoms with Crippen molar-refractivity contribution in [3.63, 3.8) is 0 Å². The Kier molecular flexibility index (Phi) is 5.68. The zero-order chi connectivity index (χ0) is 18.6. The van der Waals surface area contributed by atoms with Crippen molar-refractivity contribution in [3.8, 4) is 0 Å². The molecule has 0 radical (unpaired) electrons. The highest BCUT2D eigenvalue weighted by Gasteiger charge is 2.31. The molecule has 0 fully saturated rings. The summed E-state index contributed by atoms with van der Waals surface area (Å²) in [6.07, 6.45) is 0. The summed E-state index contributed by atoms with van der Waals surface area (Å²) >= 11 is -0.351. The molecule has 2 aromatic rings. The molecule has 0 aliphatic carbocycles. The average molecular weight is 370 g/mol. The molecule has 5 nitrogen and oxygen atoms in total. The Balaban J connectivity index is 2.21. The number of carbonyl (C=O) groups excluding carboxylic acids is 1. The number of halogens is 3. The summed E-state index contributed by atoms with van der Waals surface area (Å²) in [5.74, 6) is -0.598. The van der Waals surface area contributed by atoms with E-state index in [1.807, 2.05) is 0 Å². The van der Waals surface area contributed by atoms with Gasteiger partial charge in [0.1, 0.15) is 0 Å². The van der Waals surface area contributed by atoms with Crippen LogP contribution in [-0.4, -0.2) is 28.3 Å². The lowest BCUT2D eigenvalue weighted by atomic mass is 10.1. The molecule has 132 valence electrons. The molecule has 0 saturated heterocycles. The lowest BCUT2D eigenvalue weighted by Gasteiger charge is -2.19. The van der Waals surface area contributed by atoms with Crippen LogP contribution >= 0.6 is 11.8 Å². The number of non-ortho nitro benzene ring substituents is 1. The van der Waals surface area contributed by atoms with Gasteiger partial charge in [-0.25, -0.2) is 0 Å². The first kappa shape index (κ1) is 18.8. The molecule has 0 heterocycles. The number of nitro benzene ring substituents is 1. The molecule has 0 atom stereocenters. The molecular formula is C16H13F3N2O3S. The van der Waals surface area contributed by atoms with E-state index in [0.717, 1.165) is 0 Å². The van der Waals surface area contributed by atoms with E-state index >= 15 is 0 Å². The minimum atomic E-state index is -4.50. The van der Waals surface area contributed by atoms with Gasteiger partial charge in [0.25, 0.3) is 11.6 Å². The van der Waals surface area contributed by atoms with Crippen LogP contribution in [0.15, 0.2) is 53.4 Å². The highest BCUT2D eigenvalue weighted by molar-refractivity contribution is 8.00. The van der Waals surface area contributed by atoms with Crippen LogP contribution in [0.3, 0.4) is 0 Å². The average Bonchev–Trinajstić information content (AvgIpc) is 2.53. The standard InChI is InChI=1S/C16H13F3N2O3S/c1-20(10-11-5-4-6-12(9-11)21(23)24)15(22)13-7-2-3-8-14(13)25-16(17,18)19/h2-9H,10H2,1H3. The fraction of sp³-hybridized carbons (Fsp3) is 0.188. The molecule has 0 N–H and O–H groups in total. The number of nitro groups is 1. The predicted molar refractivity (Wildman–Crippen MR) is 87.2 cm³/mol. The molecule has 0 unspecified atom stereocenters. The van der Waals surface area contributed by atoms with Crippen molar-refractivity contribution in [2.24, 2.45) is 0 Å². The minimum absolute atomic E-state index is 0.0333. The second kappa shape index (κ2) is 7.56. The Morgan fingerprint density at radius 3 is 2.52 bits per heavy atom. The maximum atomic E-state index is 12.6. The number of thioether (sulfide) groups is 1. The van der Waals surface area contributed by atoms with E-state index in [1.165, 1.54) is 54.4 Å². The largest absolute Gasteiger partial charge is 0.446 e. The number of alkyl halides is 3. The fourth-order valence-corrected chi connectivity index (χ4v) is 2.84. The molecule has 0 aliphatic rings. The van der Waals surface area contributed by atoms with Crippen LogP contribution in [0.5, 0.6) is 0 Å². The van der Waals surface area contributed by atoms with Crippen molar-refractivity contribution in [1.29, 1.82) is 0 Å². The van der Waals surface area contributed by atoms with Crippen molar-refractivity contribution in [1.82, 2.24) is 4.90 Å². The van der Waals surface area contributed by atoms with Gasteiger partial charge in [-0.05, 0) is 29.5 Å². The van der Waals surface area contributed by atoms with Gasteiger partial charge in [0.15, 0.2) is 0 Å². The summed E-state index contributed by atoms with van der Waals surface area (Å²) in [7, 11) is 1.43. The third kappa shape index (κ3) is 5.21. The quantitative estimate of drug-likeness (QED) is 0.442. The lowest BCUT2D eigenvalue weighted by Crippen LogP contribution is -2.26. The van der Waals surface area contributed by atoms with Gasteiger partial charge in [-0.2, -0.15) is 13.2 Å². The minimum Gasteiger partial charge on any atom is -0.337 e. The smallest absolute Gasteiger partial charge is 0.337 e. The van der Waals surface area contributed by atoms with E-state index in [2.05, 4.69) is 0 Å². The normalized spacial score (nSPS) is 11.2. The monoisotopic (exact) mass is 370 g/mol. The summed E-state index contributed by atoms with van der Waals surface area (Å²) in [4.78, 5) is 23.7. The van der Waals surface area contributed by atoms with Gasteiger partial charge in [-0.1, -0.05) is 24.3 Å². The molecule has 2 aromatic carbocycles. The fourth-order valence-electron chi connectivity index (χ4n) is 2.18. The van der Waals surface area contributed by atoms with Crippen LogP contribution in [0.25, 0.3) is 0 Å². The molecule has 0 aromatic heterocycles. The van der Waals surface area contributed by atoms with Crippen LogP contribution in [0, 0.1) is 10.1 Å². The lowest BCUT2D eigenvalue weighted by molar-refractivity contribution is -0.384. The summed E-state index contributed by atoms with van der Waals surface area (Å²) in [6.45, 7) is 0.0333. The number of hydrogen-bond donors (Lipinski definition) is 0. The van der Waals surface area contributed by atoms with E-state index in [1.54, 1.807) is 6.07 Å². The van der Waals surface area contributed by atoms with Crippen molar-refractivity contribution in [2.45, 2.75) is 16.9 Å². The van der Waals surface area contributed by atoms with Crippen molar-refractivity contribution in [2.75, 3.05) is 7.05 Å². The predicted octanol–water partition coefficient (Wildman–Crippen LogP) is 4.48. The van der Waals surface area contributed by atoms with Gasteiger partial charge < -0.3 is 4.90 Å². The van der Waals surface area contributed by atoms with E-state index in [9.17, 15) is 28.1 Å². The molecule has 0 spiro atoms. The van der Waals surface area contributed by atoms with Gasteiger partial charge >= 0.3 is 5.51 Å². The van der Waals surface area contributed by atoms with E-state index < -0.39 is 16.3 Å². The van der Waals surface area contributed by atoms with Crippen molar-refractivity contribution < 1.29 is 22.9 Å². The Morgan fingerprint density at radius 2 is 1.88 bits per heavy atom. The molecule has 0 bridgehead atoms. The number of carbonyl (C=O) groups is 1. The van der Waals surface area contributed by atoms with Crippen molar-refractivity contribution in [3.05, 3.63) is 69.8 Å². The maximum absolute atomic E-state index is 12.6. The first-order valence-electron chi connectivity index (χ1n) is 7.01. The second-order valence-electron chi connectivity index (χ2n) is 5.13. The number of benzene rings is 2. The van der Waals surface area contributed by atoms with Gasteiger partial charge in [0.05, 0.1) is 10.5 Å². The van der Waals surface area contributed by atoms with Gasteiger partial charge in [0, 0.05) is 30.6 Å². The van der Waals surface area contributed by atoms with Gasteiger partial charge in [-0.3, -0.25) is 14.9 Å². The number of nitrogens with zero attached hydrogens (tertiary/aromatic N) is 2. The molecule has 9 heteroatoms. The Labute approximate surface area is 145 Å². The third-order valence-corrected chi connectivity index (χ3v) is 4.04. The van der Waals surface area contributed by atoms with E-state index in [4.69, 9.17) is 0 Å². The summed E-state index contributed by atoms with van der Waals surface area (Å²) in [5, 5.41) is 10.8. The summed E-state index contributed by atoms with van der Waals surface area (Å²) in [6, 6.07) is 11.2. The van der Waals surface area contributed by atoms with E-state index in [0.29, 0.717) is 5.56 Å². The molecule has 0 saturated carbocycles.